The molecule has 0 saturated carbocycles. The molecule has 0 bridgehead atoms. The van der Waals surface area contributed by atoms with Crippen LogP contribution in [0.2, 0.25) is 0 Å². The molecule has 0 aliphatic carbocycles. The van der Waals surface area contributed by atoms with Gasteiger partial charge in [0.25, 0.3) is 0 Å². The van der Waals surface area contributed by atoms with Gasteiger partial charge in [-0.2, -0.15) is 0 Å². The second kappa shape index (κ2) is 11.7. The van der Waals surface area contributed by atoms with Gasteiger partial charge in [-0.1, -0.05) is 18.2 Å². The van der Waals surface area contributed by atoms with Crippen LogP contribution >= 0.6 is 12.4 Å². The molecule has 6 nitrogen and oxygen atoms in total. The molecule has 2 heterocycles. The summed E-state index contributed by atoms with van der Waals surface area (Å²) in [5.74, 6) is 2.57. The van der Waals surface area contributed by atoms with Gasteiger partial charge in [0.05, 0.1) is 20.1 Å². The number of halogens is 1. The zero-order valence-corrected chi connectivity index (χ0v) is 20.6. The molecule has 2 aliphatic rings. The summed E-state index contributed by atoms with van der Waals surface area (Å²) < 4.78 is 10.7. The Morgan fingerprint density at radius 2 is 1.73 bits per heavy atom. The molecule has 4 rings (SSSR count). The van der Waals surface area contributed by atoms with Crippen molar-refractivity contribution >= 4 is 24.0 Å². The molecule has 180 valence electrons. The Morgan fingerprint density at radius 1 is 1.03 bits per heavy atom. The first-order valence-electron chi connectivity index (χ1n) is 11.6. The molecule has 0 spiro atoms. The lowest BCUT2D eigenvalue weighted by Gasteiger charge is -2.37. The number of benzene rings is 2. The summed E-state index contributed by atoms with van der Waals surface area (Å²) in [5, 5.41) is 3.08. The Bertz CT molecular complexity index is 900. The third-order valence-electron chi connectivity index (χ3n) is 7.09. The Morgan fingerprint density at radius 3 is 2.39 bits per heavy atom. The molecule has 2 aliphatic heterocycles. The molecule has 33 heavy (non-hydrogen) atoms. The number of hydrogen-bond donors (Lipinski definition) is 1. The maximum Gasteiger partial charge on any atom is 0.228 e. The van der Waals surface area contributed by atoms with Gasteiger partial charge in [-0.15, -0.1) is 12.4 Å². The lowest BCUT2D eigenvalue weighted by molar-refractivity contribution is -0.119. The first-order valence-corrected chi connectivity index (χ1v) is 11.6. The van der Waals surface area contributed by atoms with Crippen molar-refractivity contribution in [3.05, 3.63) is 54.1 Å². The van der Waals surface area contributed by atoms with Crippen LogP contribution in [-0.2, 0) is 11.3 Å². The molecule has 2 aromatic carbocycles. The van der Waals surface area contributed by atoms with E-state index in [1.807, 2.05) is 36.4 Å². The van der Waals surface area contributed by atoms with Gasteiger partial charge < -0.3 is 19.7 Å². The van der Waals surface area contributed by atoms with Crippen molar-refractivity contribution in [2.24, 2.45) is 11.8 Å². The van der Waals surface area contributed by atoms with Crippen LogP contribution in [0, 0.1) is 11.8 Å². The number of hydrogen-bond acceptors (Lipinski definition) is 5. The van der Waals surface area contributed by atoms with Crippen molar-refractivity contribution in [3.63, 3.8) is 0 Å². The first kappa shape index (κ1) is 25.3. The highest BCUT2D eigenvalue weighted by atomic mass is 35.5. The molecule has 2 atom stereocenters. The van der Waals surface area contributed by atoms with Crippen LogP contribution in [0.25, 0.3) is 0 Å². The number of ether oxygens (including phenoxy) is 2. The molecule has 0 aromatic heterocycles. The van der Waals surface area contributed by atoms with E-state index in [4.69, 9.17) is 9.47 Å². The fraction of sp³-hybridized carbons (Fsp3) is 0.500. The van der Waals surface area contributed by atoms with Crippen LogP contribution < -0.4 is 14.8 Å². The minimum atomic E-state index is 0. The number of methoxy groups -OCH3 is 2. The standard InChI is InChI=1S/C26H35N3O3.ClH/c1-28-17-21(26(30)27-22-8-10-23(31-2)11-9-22)16-24(28)19-12-14-29(15-13-19)18-20-6-4-5-7-25(20)32-3;/h4-11,19,21,24H,12-18H2,1-3H3,(H,27,30);1H. The van der Waals surface area contributed by atoms with E-state index in [-0.39, 0.29) is 24.2 Å². The SMILES string of the molecule is COc1ccc(NC(=O)C2CC(C3CCN(Cc4ccccc4OC)CC3)N(C)C2)cc1.Cl. The monoisotopic (exact) mass is 473 g/mol. The van der Waals surface area contributed by atoms with E-state index in [0.717, 1.165) is 49.8 Å². The lowest BCUT2D eigenvalue weighted by atomic mass is 9.86. The van der Waals surface area contributed by atoms with E-state index in [1.165, 1.54) is 18.4 Å². The van der Waals surface area contributed by atoms with E-state index in [2.05, 4.69) is 34.3 Å². The minimum absolute atomic E-state index is 0. The Kier molecular flexibility index (Phi) is 9.01. The number of nitrogens with one attached hydrogen (secondary N) is 1. The number of nitrogens with zero attached hydrogens (tertiary/aromatic N) is 2. The second-order valence-electron chi connectivity index (χ2n) is 9.08. The Labute approximate surface area is 203 Å². The molecular weight excluding hydrogens is 438 g/mol. The number of carbonyl (C=O) groups excluding carboxylic acids is 1. The van der Waals surface area contributed by atoms with Gasteiger partial charge in [-0.05, 0) is 75.6 Å². The summed E-state index contributed by atoms with van der Waals surface area (Å²) in [6.45, 7) is 3.95. The quantitative estimate of drug-likeness (QED) is 0.649. The van der Waals surface area contributed by atoms with Crippen molar-refractivity contribution in [1.82, 2.24) is 9.80 Å². The molecule has 7 heteroatoms. The first-order chi connectivity index (χ1) is 15.6. The fourth-order valence-electron chi connectivity index (χ4n) is 5.26. The topological polar surface area (TPSA) is 54.0 Å². The predicted molar refractivity (Wildman–Crippen MR) is 134 cm³/mol. The molecule has 1 amide bonds. The number of anilines is 1. The van der Waals surface area contributed by atoms with Crippen LogP contribution in [0.1, 0.15) is 24.8 Å². The van der Waals surface area contributed by atoms with E-state index in [9.17, 15) is 4.79 Å². The molecule has 2 saturated heterocycles. The van der Waals surface area contributed by atoms with E-state index < -0.39 is 0 Å². The van der Waals surface area contributed by atoms with Crippen LogP contribution in [0.4, 0.5) is 5.69 Å². The van der Waals surface area contributed by atoms with E-state index in [0.29, 0.717) is 12.0 Å². The summed E-state index contributed by atoms with van der Waals surface area (Å²) >= 11 is 0. The summed E-state index contributed by atoms with van der Waals surface area (Å²) in [6, 6.07) is 16.3. The third-order valence-corrected chi connectivity index (χ3v) is 7.09. The smallest absolute Gasteiger partial charge is 0.228 e. The van der Waals surface area contributed by atoms with E-state index >= 15 is 0 Å². The van der Waals surface area contributed by atoms with Crippen molar-refractivity contribution in [2.45, 2.75) is 31.8 Å². The Balaban J connectivity index is 0.00000306. The number of carbonyl (C=O) groups is 1. The number of piperidine rings is 1. The number of rotatable bonds is 7. The number of likely N-dealkylation sites (tertiary alicyclic amines) is 2. The van der Waals surface area contributed by atoms with Crippen LogP contribution in [0.15, 0.2) is 48.5 Å². The normalized spacial score (nSPS) is 21.9. The maximum absolute atomic E-state index is 12.9. The van der Waals surface area contributed by atoms with Gasteiger partial charge in [0, 0.05) is 30.4 Å². The summed E-state index contributed by atoms with van der Waals surface area (Å²) in [7, 11) is 5.56. The van der Waals surface area contributed by atoms with Gasteiger partial charge in [0.15, 0.2) is 0 Å². The summed E-state index contributed by atoms with van der Waals surface area (Å²) in [4.78, 5) is 17.8. The molecule has 2 fully saturated rings. The molecule has 1 N–H and O–H groups in total. The zero-order chi connectivity index (χ0) is 22.5. The second-order valence-corrected chi connectivity index (χ2v) is 9.08. The largest absolute Gasteiger partial charge is 0.497 e. The fourth-order valence-corrected chi connectivity index (χ4v) is 5.26. The molecule has 2 aromatic rings. The van der Waals surface area contributed by atoms with Crippen molar-refractivity contribution in [1.29, 1.82) is 0 Å². The van der Waals surface area contributed by atoms with Crippen LogP contribution in [0.3, 0.4) is 0 Å². The number of para-hydroxylation sites is 1. The zero-order valence-electron chi connectivity index (χ0n) is 19.8. The van der Waals surface area contributed by atoms with E-state index in [1.54, 1.807) is 14.2 Å². The van der Waals surface area contributed by atoms with Crippen molar-refractivity contribution in [2.75, 3.05) is 46.2 Å². The summed E-state index contributed by atoms with van der Waals surface area (Å²) in [5.41, 5.74) is 2.08. The molecule has 2 unspecified atom stereocenters. The molecular formula is C26H36ClN3O3. The van der Waals surface area contributed by atoms with Gasteiger partial charge >= 0.3 is 0 Å². The van der Waals surface area contributed by atoms with Crippen LogP contribution in [0.5, 0.6) is 11.5 Å². The lowest BCUT2D eigenvalue weighted by Crippen LogP contribution is -2.41. The highest BCUT2D eigenvalue weighted by Gasteiger charge is 2.39. The number of amides is 1. The maximum atomic E-state index is 12.9. The van der Waals surface area contributed by atoms with Crippen molar-refractivity contribution < 1.29 is 14.3 Å². The average Bonchev–Trinajstić information content (AvgIpc) is 3.22. The van der Waals surface area contributed by atoms with Crippen molar-refractivity contribution in [3.8, 4) is 11.5 Å². The van der Waals surface area contributed by atoms with Gasteiger partial charge in [0.2, 0.25) is 5.91 Å². The highest BCUT2D eigenvalue weighted by Crippen LogP contribution is 2.34. The highest BCUT2D eigenvalue weighted by molar-refractivity contribution is 5.93. The third kappa shape index (κ3) is 6.19. The predicted octanol–water partition coefficient (Wildman–Crippen LogP) is 4.30. The summed E-state index contributed by atoms with van der Waals surface area (Å²) in [6.07, 6.45) is 3.30. The van der Waals surface area contributed by atoms with Gasteiger partial charge in [-0.25, -0.2) is 0 Å². The Hall–Kier alpha value is -2.28. The minimum Gasteiger partial charge on any atom is -0.497 e. The molecule has 0 radical (unpaired) electrons. The average molecular weight is 474 g/mol. The van der Waals surface area contributed by atoms with Gasteiger partial charge in [0.1, 0.15) is 11.5 Å². The van der Waals surface area contributed by atoms with Gasteiger partial charge in [-0.3, -0.25) is 9.69 Å². The van der Waals surface area contributed by atoms with Crippen LogP contribution in [-0.4, -0.2) is 62.7 Å².